The van der Waals surface area contributed by atoms with Gasteiger partial charge >= 0.3 is 0 Å². The van der Waals surface area contributed by atoms with Gasteiger partial charge in [-0.1, -0.05) is 19.8 Å². The molecular formula is C14H27NO. The smallest absolute Gasteiger partial charge is 0.0618 e. The Hall–Kier alpha value is -0.0800. The van der Waals surface area contributed by atoms with Gasteiger partial charge in [0, 0.05) is 6.61 Å². The molecule has 3 atom stereocenters. The Kier molecular flexibility index (Phi) is 4.66. The first-order valence-electron chi connectivity index (χ1n) is 7.15. The molecule has 0 heterocycles. The van der Waals surface area contributed by atoms with Crippen molar-refractivity contribution in [3.05, 3.63) is 0 Å². The molecule has 0 saturated heterocycles. The van der Waals surface area contributed by atoms with E-state index < -0.39 is 0 Å². The average Bonchev–Trinajstić information content (AvgIpc) is 3.11. The fourth-order valence-electron chi connectivity index (χ4n) is 2.96. The summed E-state index contributed by atoms with van der Waals surface area (Å²) in [5, 5.41) is 0. The van der Waals surface area contributed by atoms with Crippen molar-refractivity contribution in [2.24, 2.45) is 23.5 Å². The first-order chi connectivity index (χ1) is 7.83. The summed E-state index contributed by atoms with van der Waals surface area (Å²) in [5.41, 5.74) is 5.86. The number of ether oxygens (including phenoxy) is 1. The largest absolute Gasteiger partial charge is 0.378 e. The van der Waals surface area contributed by atoms with Crippen molar-refractivity contribution in [1.82, 2.24) is 0 Å². The van der Waals surface area contributed by atoms with Crippen LogP contribution in [0.1, 0.15) is 51.9 Å². The van der Waals surface area contributed by atoms with Crippen LogP contribution in [0.15, 0.2) is 0 Å². The molecule has 2 aliphatic carbocycles. The van der Waals surface area contributed by atoms with Gasteiger partial charge in [-0.15, -0.1) is 0 Å². The molecule has 0 aromatic carbocycles. The number of hydrogen-bond donors (Lipinski definition) is 1. The second-order valence-electron chi connectivity index (χ2n) is 5.78. The third-order valence-corrected chi connectivity index (χ3v) is 4.28. The summed E-state index contributed by atoms with van der Waals surface area (Å²) >= 11 is 0. The molecule has 0 amide bonds. The highest BCUT2D eigenvalue weighted by Crippen LogP contribution is 2.35. The van der Waals surface area contributed by atoms with E-state index in [2.05, 4.69) is 6.92 Å². The van der Waals surface area contributed by atoms with Crippen LogP contribution in [0.2, 0.25) is 0 Å². The topological polar surface area (TPSA) is 35.2 Å². The molecule has 2 fully saturated rings. The minimum atomic E-state index is 0.468. The second kappa shape index (κ2) is 6.02. The summed E-state index contributed by atoms with van der Waals surface area (Å²) in [4.78, 5) is 0. The monoisotopic (exact) mass is 225 g/mol. The van der Waals surface area contributed by atoms with Gasteiger partial charge < -0.3 is 10.5 Å². The molecule has 94 valence electrons. The van der Waals surface area contributed by atoms with Crippen molar-refractivity contribution in [3.63, 3.8) is 0 Å². The van der Waals surface area contributed by atoms with Crippen molar-refractivity contribution < 1.29 is 4.74 Å². The maximum absolute atomic E-state index is 6.11. The van der Waals surface area contributed by atoms with Gasteiger partial charge in [0.15, 0.2) is 0 Å². The molecule has 0 aromatic heterocycles. The van der Waals surface area contributed by atoms with Crippen LogP contribution >= 0.6 is 0 Å². The summed E-state index contributed by atoms with van der Waals surface area (Å²) in [7, 11) is 0. The molecule has 2 aliphatic rings. The third-order valence-electron chi connectivity index (χ3n) is 4.28. The molecule has 0 bridgehead atoms. The van der Waals surface area contributed by atoms with Crippen LogP contribution < -0.4 is 5.73 Å². The summed E-state index contributed by atoms with van der Waals surface area (Å²) in [6, 6.07) is 0. The quantitative estimate of drug-likeness (QED) is 0.754. The zero-order chi connectivity index (χ0) is 11.4. The predicted octanol–water partition coefficient (Wildman–Crippen LogP) is 2.96. The van der Waals surface area contributed by atoms with Gasteiger partial charge in [-0.2, -0.15) is 0 Å². The second-order valence-corrected chi connectivity index (χ2v) is 5.78. The Balaban J connectivity index is 1.77. The summed E-state index contributed by atoms with van der Waals surface area (Å²) in [6.45, 7) is 4.10. The molecule has 0 aromatic rings. The highest BCUT2D eigenvalue weighted by atomic mass is 16.5. The standard InChI is InChI=1S/C14H27NO/c1-2-3-11-6-7-13(9-15)14(8-11)16-10-12-4-5-12/h11-14H,2-10,15H2,1H3. The maximum atomic E-state index is 6.11. The fourth-order valence-corrected chi connectivity index (χ4v) is 2.96. The molecule has 2 nitrogen and oxygen atoms in total. The molecule has 3 unspecified atom stereocenters. The molecule has 0 radical (unpaired) electrons. The summed E-state index contributed by atoms with van der Waals surface area (Å²) in [6.07, 6.45) is 9.86. The molecular weight excluding hydrogens is 198 g/mol. The molecule has 2 N–H and O–H groups in total. The van der Waals surface area contributed by atoms with Crippen molar-refractivity contribution in [2.75, 3.05) is 13.2 Å². The van der Waals surface area contributed by atoms with E-state index in [1.54, 1.807) is 0 Å². The van der Waals surface area contributed by atoms with E-state index in [0.717, 1.165) is 25.0 Å². The minimum absolute atomic E-state index is 0.468. The lowest BCUT2D eigenvalue weighted by molar-refractivity contribution is -0.0289. The zero-order valence-electron chi connectivity index (χ0n) is 10.7. The highest BCUT2D eigenvalue weighted by Gasteiger charge is 2.31. The minimum Gasteiger partial charge on any atom is -0.378 e. The average molecular weight is 225 g/mol. The van der Waals surface area contributed by atoms with E-state index >= 15 is 0 Å². The third kappa shape index (κ3) is 3.46. The molecule has 16 heavy (non-hydrogen) atoms. The van der Waals surface area contributed by atoms with Crippen molar-refractivity contribution in [2.45, 2.75) is 58.0 Å². The van der Waals surface area contributed by atoms with Gasteiger partial charge in [-0.25, -0.2) is 0 Å². The van der Waals surface area contributed by atoms with Crippen LogP contribution in [-0.2, 0) is 4.74 Å². The van der Waals surface area contributed by atoms with Crippen LogP contribution in [0.25, 0.3) is 0 Å². The van der Waals surface area contributed by atoms with E-state index in [-0.39, 0.29) is 0 Å². The lowest BCUT2D eigenvalue weighted by Gasteiger charge is -2.35. The lowest BCUT2D eigenvalue weighted by atomic mass is 9.78. The fraction of sp³-hybridized carbons (Fsp3) is 1.00. The molecule has 2 saturated carbocycles. The van der Waals surface area contributed by atoms with Crippen molar-refractivity contribution in [3.8, 4) is 0 Å². The van der Waals surface area contributed by atoms with Crippen molar-refractivity contribution >= 4 is 0 Å². The summed E-state index contributed by atoms with van der Waals surface area (Å²) < 4.78 is 6.11. The Morgan fingerprint density at radius 2 is 1.88 bits per heavy atom. The molecule has 0 spiro atoms. The van der Waals surface area contributed by atoms with Gasteiger partial charge in [0.25, 0.3) is 0 Å². The van der Waals surface area contributed by atoms with Gasteiger partial charge in [-0.05, 0) is 56.4 Å². The summed E-state index contributed by atoms with van der Waals surface area (Å²) in [5.74, 6) is 2.41. The predicted molar refractivity (Wildman–Crippen MR) is 67.3 cm³/mol. The maximum Gasteiger partial charge on any atom is 0.0618 e. The number of hydrogen-bond acceptors (Lipinski definition) is 2. The van der Waals surface area contributed by atoms with Crippen LogP contribution in [0.3, 0.4) is 0 Å². The Bertz CT molecular complexity index is 203. The van der Waals surface area contributed by atoms with Crippen molar-refractivity contribution in [1.29, 1.82) is 0 Å². The van der Waals surface area contributed by atoms with Crippen LogP contribution in [0.5, 0.6) is 0 Å². The van der Waals surface area contributed by atoms with Gasteiger partial charge in [-0.3, -0.25) is 0 Å². The van der Waals surface area contributed by atoms with Crippen LogP contribution in [-0.4, -0.2) is 19.3 Å². The molecule has 2 rings (SSSR count). The van der Waals surface area contributed by atoms with Crippen LogP contribution in [0, 0.1) is 17.8 Å². The zero-order valence-corrected chi connectivity index (χ0v) is 10.7. The van der Waals surface area contributed by atoms with E-state index in [1.807, 2.05) is 0 Å². The van der Waals surface area contributed by atoms with E-state index in [4.69, 9.17) is 10.5 Å². The van der Waals surface area contributed by atoms with Gasteiger partial charge in [0.2, 0.25) is 0 Å². The SMILES string of the molecule is CCCC1CCC(CN)C(OCC2CC2)C1. The van der Waals surface area contributed by atoms with E-state index in [1.165, 1.54) is 44.9 Å². The van der Waals surface area contributed by atoms with E-state index in [9.17, 15) is 0 Å². The normalized spacial score (nSPS) is 35.2. The van der Waals surface area contributed by atoms with Gasteiger partial charge in [0.05, 0.1) is 6.10 Å². The molecule has 0 aliphatic heterocycles. The number of rotatable bonds is 6. The lowest BCUT2D eigenvalue weighted by Crippen LogP contribution is -2.36. The first kappa shape index (κ1) is 12.4. The Morgan fingerprint density at radius 3 is 2.50 bits per heavy atom. The Labute approximate surface area is 99.9 Å². The van der Waals surface area contributed by atoms with E-state index in [0.29, 0.717) is 12.0 Å². The first-order valence-corrected chi connectivity index (χ1v) is 7.15. The highest BCUT2D eigenvalue weighted by molar-refractivity contribution is 4.82. The van der Waals surface area contributed by atoms with Gasteiger partial charge in [0.1, 0.15) is 0 Å². The Morgan fingerprint density at radius 1 is 1.12 bits per heavy atom. The number of nitrogens with two attached hydrogens (primary N) is 1. The molecule has 2 heteroatoms. The van der Waals surface area contributed by atoms with Crippen LogP contribution in [0.4, 0.5) is 0 Å².